The van der Waals surface area contributed by atoms with Crippen LogP contribution < -0.4 is 10.6 Å². The number of pyridine rings is 1. The number of nitrogens with one attached hydrogen (secondary N) is 3. The largest absolute Gasteiger partial charge is 0.361 e. The van der Waals surface area contributed by atoms with Crippen LogP contribution in [0, 0.1) is 0 Å². The van der Waals surface area contributed by atoms with Crippen LogP contribution in [-0.2, 0) is 12.8 Å². The fourth-order valence-corrected chi connectivity index (χ4v) is 2.84. The molecule has 0 unspecified atom stereocenters. The molecular formula is C20H25N5. The van der Waals surface area contributed by atoms with E-state index in [1.807, 2.05) is 12.3 Å². The van der Waals surface area contributed by atoms with Crippen LogP contribution >= 0.6 is 0 Å². The number of nitrogens with zero attached hydrogens (tertiary/aromatic N) is 2. The minimum atomic E-state index is 0.754. The molecule has 25 heavy (non-hydrogen) atoms. The van der Waals surface area contributed by atoms with Gasteiger partial charge in [0.1, 0.15) is 0 Å². The maximum absolute atomic E-state index is 4.69. The molecule has 3 N–H and O–H groups in total. The second kappa shape index (κ2) is 8.87. The van der Waals surface area contributed by atoms with Gasteiger partial charge in [-0.25, -0.2) is 0 Å². The monoisotopic (exact) mass is 335 g/mol. The molecule has 1 aromatic carbocycles. The zero-order chi connectivity index (χ0) is 17.3. The van der Waals surface area contributed by atoms with E-state index in [2.05, 4.69) is 64.1 Å². The van der Waals surface area contributed by atoms with Crippen LogP contribution in [0.2, 0.25) is 0 Å². The average Bonchev–Trinajstić information content (AvgIpc) is 3.06. The fraction of sp³-hybridized carbons (Fsp3) is 0.300. The van der Waals surface area contributed by atoms with Crippen LogP contribution in [0.15, 0.2) is 60.0 Å². The molecule has 0 spiro atoms. The summed E-state index contributed by atoms with van der Waals surface area (Å²) in [5.41, 5.74) is 3.72. The van der Waals surface area contributed by atoms with Gasteiger partial charge in [0.05, 0.1) is 0 Å². The third kappa shape index (κ3) is 4.83. The molecule has 3 aromatic rings. The standard InChI is InChI=1S/C20H25N5/c1-2-22-20(23-12-9-16-6-5-11-21-14-16)24-13-10-17-15-25-19-8-4-3-7-18(17)19/h3-8,11,14-15,25H,2,9-10,12-13H2,1H3,(H2,22,23,24). The molecule has 0 aliphatic carbocycles. The summed E-state index contributed by atoms with van der Waals surface area (Å²) in [5.74, 6) is 0.867. The Balaban J connectivity index is 1.53. The third-order valence-corrected chi connectivity index (χ3v) is 4.10. The van der Waals surface area contributed by atoms with E-state index >= 15 is 0 Å². The van der Waals surface area contributed by atoms with Crippen molar-refractivity contribution in [3.8, 4) is 0 Å². The number of aromatic nitrogens is 2. The first-order chi connectivity index (χ1) is 12.4. The first kappa shape index (κ1) is 17.0. The highest BCUT2D eigenvalue weighted by atomic mass is 15.2. The molecule has 0 aliphatic heterocycles. The third-order valence-electron chi connectivity index (χ3n) is 4.10. The van der Waals surface area contributed by atoms with Crippen LogP contribution in [0.3, 0.4) is 0 Å². The average molecular weight is 335 g/mol. The van der Waals surface area contributed by atoms with Gasteiger partial charge in [-0.05, 0) is 43.0 Å². The summed E-state index contributed by atoms with van der Waals surface area (Å²) in [7, 11) is 0. The lowest BCUT2D eigenvalue weighted by Gasteiger charge is -2.11. The van der Waals surface area contributed by atoms with Crippen LogP contribution in [0.25, 0.3) is 10.9 Å². The molecule has 0 fully saturated rings. The van der Waals surface area contributed by atoms with Gasteiger partial charge in [-0.3, -0.25) is 9.98 Å². The summed E-state index contributed by atoms with van der Waals surface area (Å²) in [5, 5.41) is 7.98. The number of guanidine groups is 1. The summed E-state index contributed by atoms with van der Waals surface area (Å²) in [6.07, 6.45) is 7.64. The van der Waals surface area contributed by atoms with Crippen molar-refractivity contribution < 1.29 is 0 Å². The molecule has 2 aromatic heterocycles. The molecule has 5 heteroatoms. The van der Waals surface area contributed by atoms with Crippen molar-refractivity contribution in [2.45, 2.75) is 19.8 Å². The molecule has 0 atom stereocenters. The topological polar surface area (TPSA) is 65.1 Å². The van der Waals surface area contributed by atoms with Crippen molar-refractivity contribution in [2.24, 2.45) is 4.99 Å². The van der Waals surface area contributed by atoms with Crippen molar-refractivity contribution >= 4 is 16.9 Å². The van der Waals surface area contributed by atoms with Crippen molar-refractivity contribution in [1.29, 1.82) is 0 Å². The van der Waals surface area contributed by atoms with Gasteiger partial charge in [0.25, 0.3) is 0 Å². The molecule has 0 aliphatic rings. The van der Waals surface area contributed by atoms with Crippen LogP contribution in [-0.4, -0.2) is 35.6 Å². The Morgan fingerprint density at radius 2 is 2.04 bits per heavy atom. The molecule has 0 saturated heterocycles. The zero-order valence-corrected chi connectivity index (χ0v) is 14.6. The highest BCUT2D eigenvalue weighted by Gasteiger charge is 2.03. The maximum Gasteiger partial charge on any atom is 0.191 e. The molecular weight excluding hydrogens is 310 g/mol. The first-order valence-electron chi connectivity index (χ1n) is 8.83. The Labute approximate surface area is 148 Å². The minimum absolute atomic E-state index is 0.754. The summed E-state index contributed by atoms with van der Waals surface area (Å²) in [6.45, 7) is 4.53. The number of benzene rings is 1. The minimum Gasteiger partial charge on any atom is -0.361 e. The van der Waals surface area contributed by atoms with E-state index in [0.29, 0.717) is 0 Å². The maximum atomic E-state index is 4.69. The smallest absolute Gasteiger partial charge is 0.191 e. The summed E-state index contributed by atoms with van der Waals surface area (Å²) in [4.78, 5) is 12.2. The predicted octanol–water partition coefficient (Wildman–Crippen LogP) is 2.90. The molecule has 5 nitrogen and oxygen atoms in total. The summed E-state index contributed by atoms with van der Waals surface area (Å²) >= 11 is 0. The van der Waals surface area contributed by atoms with Gasteiger partial charge >= 0.3 is 0 Å². The molecule has 0 amide bonds. The highest BCUT2D eigenvalue weighted by molar-refractivity contribution is 5.83. The number of aromatic amines is 1. The van der Waals surface area contributed by atoms with Gasteiger partial charge < -0.3 is 15.6 Å². The van der Waals surface area contributed by atoms with Crippen molar-refractivity contribution in [2.75, 3.05) is 19.6 Å². The van der Waals surface area contributed by atoms with Gasteiger partial charge in [-0.15, -0.1) is 0 Å². The van der Waals surface area contributed by atoms with Gasteiger partial charge in [0.15, 0.2) is 5.96 Å². The van der Waals surface area contributed by atoms with Gasteiger partial charge in [-0.1, -0.05) is 24.3 Å². The highest BCUT2D eigenvalue weighted by Crippen LogP contribution is 2.17. The first-order valence-corrected chi connectivity index (χ1v) is 8.83. The van der Waals surface area contributed by atoms with E-state index < -0.39 is 0 Å². The van der Waals surface area contributed by atoms with Crippen LogP contribution in [0.1, 0.15) is 18.1 Å². The molecule has 0 saturated carbocycles. The lowest BCUT2D eigenvalue weighted by atomic mass is 10.1. The van der Waals surface area contributed by atoms with Gasteiger partial charge in [-0.2, -0.15) is 0 Å². The second-order valence-corrected chi connectivity index (χ2v) is 5.91. The van der Waals surface area contributed by atoms with E-state index in [9.17, 15) is 0 Å². The lowest BCUT2D eigenvalue weighted by Crippen LogP contribution is -2.38. The van der Waals surface area contributed by atoms with Gasteiger partial charge in [0, 0.05) is 49.1 Å². The Morgan fingerprint density at radius 3 is 2.88 bits per heavy atom. The summed E-state index contributed by atoms with van der Waals surface area (Å²) in [6, 6.07) is 12.4. The van der Waals surface area contributed by atoms with E-state index in [0.717, 1.165) is 38.4 Å². The number of H-pyrrole nitrogens is 1. The molecule has 3 rings (SSSR count). The Kier molecular flexibility index (Phi) is 6.04. The van der Waals surface area contributed by atoms with Gasteiger partial charge in [0.2, 0.25) is 0 Å². The number of hydrogen-bond donors (Lipinski definition) is 3. The molecule has 130 valence electrons. The quantitative estimate of drug-likeness (QED) is 0.459. The fourth-order valence-electron chi connectivity index (χ4n) is 2.84. The number of rotatable bonds is 7. The van der Waals surface area contributed by atoms with Crippen molar-refractivity contribution in [1.82, 2.24) is 20.6 Å². The normalized spacial score (nSPS) is 11.6. The van der Waals surface area contributed by atoms with E-state index in [-0.39, 0.29) is 0 Å². The second-order valence-electron chi connectivity index (χ2n) is 5.91. The molecule has 0 radical (unpaired) electrons. The number of aliphatic imine (C=N–C) groups is 1. The lowest BCUT2D eigenvalue weighted by molar-refractivity contribution is 0.795. The van der Waals surface area contributed by atoms with Crippen molar-refractivity contribution in [3.05, 3.63) is 66.1 Å². The Hall–Kier alpha value is -2.82. The number of para-hydroxylation sites is 1. The van der Waals surface area contributed by atoms with E-state index in [4.69, 9.17) is 4.99 Å². The molecule has 0 bridgehead atoms. The summed E-state index contributed by atoms with van der Waals surface area (Å²) < 4.78 is 0. The SMILES string of the molecule is CCNC(=NCCc1c[nH]c2ccccc12)NCCc1cccnc1. The molecule has 2 heterocycles. The van der Waals surface area contributed by atoms with E-state index in [1.54, 1.807) is 6.20 Å². The predicted molar refractivity (Wildman–Crippen MR) is 104 cm³/mol. The van der Waals surface area contributed by atoms with E-state index in [1.165, 1.54) is 22.0 Å². The Bertz CT molecular complexity index is 807. The Morgan fingerprint density at radius 1 is 1.12 bits per heavy atom. The van der Waals surface area contributed by atoms with Crippen LogP contribution in [0.5, 0.6) is 0 Å². The number of hydrogen-bond acceptors (Lipinski definition) is 2. The van der Waals surface area contributed by atoms with Crippen molar-refractivity contribution in [3.63, 3.8) is 0 Å². The zero-order valence-electron chi connectivity index (χ0n) is 14.6. The number of fused-ring (bicyclic) bond motifs is 1. The van der Waals surface area contributed by atoms with Crippen LogP contribution in [0.4, 0.5) is 0 Å².